The van der Waals surface area contributed by atoms with Gasteiger partial charge in [-0.25, -0.2) is 0 Å². The molecule has 186 valence electrons. The normalized spacial score (nSPS) is 18.9. The predicted octanol–water partition coefficient (Wildman–Crippen LogP) is 6.79. The molecule has 3 aromatic carbocycles. The van der Waals surface area contributed by atoms with Gasteiger partial charge < -0.3 is 10.5 Å². The number of hydrogen-bond acceptors (Lipinski definition) is 6. The first-order valence-corrected chi connectivity index (χ1v) is 14.6. The lowest BCUT2D eigenvalue weighted by atomic mass is 9.80. The van der Waals surface area contributed by atoms with Crippen molar-refractivity contribution in [1.29, 1.82) is 5.26 Å². The predicted molar refractivity (Wildman–Crippen MR) is 154 cm³/mol. The first-order chi connectivity index (χ1) is 18.1. The number of thioether (sulfide) groups is 2. The van der Waals surface area contributed by atoms with Crippen LogP contribution in [0.5, 0.6) is 0 Å². The smallest absolute Gasteiger partial charge is 0.205 e. The maximum atomic E-state index is 10.1. The third-order valence-corrected chi connectivity index (χ3v) is 8.25. The molecule has 5 rings (SSSR count). The molecule has 0 bridgehead atoms. The van der Waals surface area contributed by atoms with Gasteiger partial charge in [-0.15, -0.1) is 23.5 Å². The van der Waals surface area contributed by atoms with Crippen LogP contribution in [-0.2, 0) is 11.3 Å². The van der Waals surface area contributed by atoms with Gasteiger partial charge in [0.15, 0.2) is 0 Å². The second-order valence-electron chi connectivity index (χ2n) is 9.13. The SMILES string of the molecule is CSc1ccc(/C=C2\CN(Cc3ccccc3)CC3=C2OC(N)=C(C#N)C3c2ccc(SC)cc2)cc1. The number of allylic oxidation sites excluding steroid dienone is 1. The van der Waals surface area contributed by atoms with Crippen LogP contribution in [0.4, 0.5) is 0 Å². The summed E-state index contributed by atoms with van der Waals surface area (Å²) < 4.78 is 6.23. The zero-order chi connectivity index (χ0) is 25.8. The van der Waals surface area contributed by atoms with E-state index in [0.29, 0.717) is 12.1 Å². The molecule has 0 saturated carbocycles. The maximum Gasteiger partial charge on any atom is 0.205 e. The van der Waals surface area contributed by atoms with E-state index in [2.05, 4.69) is 102 Å². The fourth-order valence-corrected chi connectivity index (χ4v) is 5.79. The molecule has 0 amide bonds. The highest BCUT2D eigenvalue weighted by Crippen LogP contribution is 2.44. The van der Waals surface area contributed by atoms with Crippen molar-refractivity contribution >= 4 is 29.6 Å². The molecule has 1 unspecified atom stereocenters. The number of nitrogens with zero attached hydrogens (tertiary/aromatic N) is 2. The molecule has 2 aliphatic heterocycles. The van der Waals surface area contributed by atoms with Gasteiger partial charge in [0.2, 0.25) is 5.88 Å². The van der Waals surface area contributed by atoms with Crippen molar-refractivity contribution < 1.29 is 4.74 Å². The molecule has 2 N–H and O–H groups in total. The van der Waals surface area contributed by atoms with E-state index < -0.39 is 0 Å². The van der Waals surface area contributed by atoms with Crippen molar-refractivity contribution in [2.24, 2.45) is 5.73 Å². The topological polar surface area (TPSA) is 62.3 Å². The highest BCUT2D eigenvalue weighted by molar-refractivity contribution is 7.98. The highest BCUT2D eigenvalue weighted by Gasteiger charge is 2.37. The van der Waals surface area contributed by atoms with Crippen LogP contribution in [0.25, 0.3) is 6.08 Å². The van der Waals surface area contributed by atoms with Gasteiger partial charge >= 0.3 is 0 Å². The van der Waals surface area contributed by atoms with Crippen LogP contribution in [0, 0.1) is 11.3 Å². The number of nitrogens with two attached hydrogens (primary N) is 1. The first kappa shape index (κ1) is 25.3. The van der Waals surface area contributed by atoms with Crippen LogP contribution in [-0.4, -0.2) is 30.5 Å². The van der Waals surface area contributed by atoms with Crippen LogP contribution in [0.1, 0.15) is 22.6 Å². The molecule has 3 aromatic rings. The Kier molecular flexibility index (Phi) is 7.76. The van der Waals surface area contributed by atoms with Crippen molar-refractivity contribution in [2.45, 2.75) is 22.3 Å². The van der Waals surface area contributed by atoms with E-state index in [1.807, 2.05) is 6.07 Å². The Morgan fingerprint density at radius 1 is 0.946 bits per heavy atom. The summed E-state index contributed by atoms with van der Waals surface area (Å²) in [5.74, 6) is 0.750. The van der Waals surface area contributed by atoms with Crippen LogP contribution in [0.3, 0.4) is 0 Å². The quantitative estimate of drug-likeness (QED) is 0.359. The first-order valence-electron chi connectivity index (χ1n) is 12.2. The molecule has 0 spiro atoms. The Balaban J connectivity index is 1.61. The largest absolute Gasteiger partial charge is 0.440 e. The number of nitriles is 1. The zero-order valence-electron chi connectivity index (χ0n) is 21.0. The van der Waals surface area contributed by atoms with Gasteiger partial charge in [-0.3, -0.25) is 4.90 Å². The second-order valence-corrected chi connectivity index (χ2v) is 10.9. The summed E-state index contributed by atoms with van der Waals surface area (Å²) in [6, 6.07) is 29.8. The van der Waals surface area contributed by atoms with Gasteiger partial charge in [-0.1, -0.05) is 54.6 Å². The third-order valence-electron chi connectivity index (χ3n) is 6.76. The molecule has 0 fully saturated rings. The Morgan fingerprint density at radius 3 is 2.22 bits per heavy atom. The van der Waals surface area contributed by atoms with E-state index in [4.69, 9.17) is 10.5 Å². The lowest BCUT2D eigenvalue weighted by Gasteiger charge is -2.38. The monoisotopic (exact) mass is 523 g/mol. The van der Waals surface area contributed by atoms with Gasteiger partial charge in [0, 0.05) is 35.0 Å². The van der Waals surface area contributed by atoms with Crippen molar-refractivity contribution in [3.05, 3.63) is 124 Å². The summed E-state index contributed by atoms with van der Waals surface area (Å²) >= 11 is 3.43. The zero-order valence-corrected chi connectivity index (χ0v) is 22.6. The fraction of sp³-hybridized carbons (Fsp3) is 0.194. The van der Waals surface area contributed by atoms with Gasteiger partial charge in [0.1, 0.15) is 17.4 Å². The Bertz CT molecular complexity index is 1400. The van der Waals surface area contributed by atoms with Gasteiger partial charge in [-0.05, 0) is 65.1 Å². The van der Waals surface area contributed by atoms with E-state index in [-0.39, 0.29) is 11.8 Å². The molecule has 1 atom stereocenters. The standard InChI is InChI=1S/C31H29N3OS2/c1-36-25-12-8-21(9-13-25)16-24-19-34(18-22-6-4-3-5-7-22)20-28-29(23-10-14-26(37-2)15-11-23)27(17-32)31(33)35-30(24)28/h3-16,29H,18-20,33H2,1-2H3/b24-16+. The van der Waals surface area contributed by atoms with Crippen LogP contribution < -0.4 is 5.73 Å². The molecule has 6 heteroatoms. The number of rotatable bonds is 6. The van der Waals surface area contributed by atoms with Crippen molar-refractivity contribution in [2.75, 3.05) is 25.6 Å². The molecule has 4 nitrogen and oxygen atoms in total. The van der Waals surface area contributed by atoms with Crippen molar-refractivity contribution in [1.82, 2.24) is 4.90 Å². The van der Waals surface area contributed by atoms with E-state index in [1.54, 1.807) is 23.5 Å². The summed E-state index contributed by atoms with van der Waals surface area (Å²) in [5.41, 5.74) is 12.4. The number of hydrogen-bond donors (Lipinski definition) is 1. The molecule has 0 aliphatic carbocycles. The lowest BCUT2D eigenvalue weighted by Crippen LogP contribution is -2.37. The van der Waals surface area contributed by atoms with E-state index in [1.165, 1.54) is 15.4 Å². The summed E-state index contributed by atoms with van der Waals surface area (Å²) in [5, 5.41) is 10.1. The van der Waals surface area contributed by atoms with E-state index in [9.17, 15) is 5.26 Å². The Morgan fingerprint density at radius 2 is 1.59 bits per heavy atom. The average Bonchev–Trinajstić information content (AvgIpc) is 2.94. The highest BCUT2D eigenvalue weighted by atomic mass is 32.2. The van der Waals surface area contributed by atoms with Crippen LogP contribution >= 0.6 is 23.5 Å². The molecule has 2 heterocycles. The molecular weight excluding hydrogens is 494 g/mol. The van der Waals surface area contributed by atoms with Crippen LogP contribution in [0.2, 0.25) is 0 Å². The average molecular weight is 524 g/mol. The summed E-state index contributed by atoms with van der Waals surface area (Å²) in [6.07, 6.45) is 6.33. The third kappa shape index (κ3) is 5.50. The summed E-state index contributed by atoms with van der Waals surface area (Å²) in [7, 11) is 0. The van der Waals surface area contributed by atoms with Gasteiger partial charge in [-0.2, -0.15) is 5.26 Å². The van der Waals surface area contributed by atoms with Crippen LogP contribution in [0.15, 0.2) is 117 Å². The molecule has 0 radical (unpaired) electrons. The molecular formula is C31H29N3OS2. The van der Waals surface area contributed by atoms with Crippen molar-refractivity contribution in [3.8, 4) is 6.07 Å². The van der Waals surface area contributed by atoms with Gasteiger partial charge in [0.05, 0.1) is 5.92 Å². The lowest BCUT2D eigenvalue weighted by molar-refractivity contribution is 0.230. The van der Waals surface area contributed by atoms with E-state index in [0.717, 1.165) is 41.1 Å². The Hall–Kier alpha value is -3.37. The number of benzene rings is 3. The molecule has 0 aromatic heterocycles. The van der Waals surface area contributed by atoms with E-state index >= 15 is 0 Å². The molecule has 2 aliphatic rings. The minimum atomic E-state index is -0.245. The molecule has 37 heavy (non-hydrogen) atoms. The second kappa shape index (κ2) is 11.4. The minimum absolute atomic E-state index is 0.195. The Labute approximate surface area is 227 Å². The number of ether oxygens (including phenoxy) is 1. The summed E-state index contributed by atoms with van der Waals surface area (Å²) in [6.45, 7) is 2.23. The minimum Gasteiger partial charge on any atom is -0.440 e. The fourth-order valence-electron chi connectivity index (χ4n) is 4.97. The summed E-state index contributed by atoms with van der Waals surface area (Å²) in [4.78, 5) is 4.83. The maximum absolute atomic E-state index is 10.1. The molecule has 0 saturated heterocycles. The van der Waals surface area contributed by atoms with Crippen molar-refractivity contribution in [3.63, 3.8) is 0 Å². The van der Waals surface area contributed by atoms with Gasteiger partial charge in [0.25, 0.3) is 0 Å².